The Morgan fingerprint density at radius 3 is 2.24 bits per heavy atom. The number of nitrogens with one attached hydrogen (secondary N) is 1. The largest absolute Gasteiger partial charge is 0.494 e. The van der Waals surface area contributed by atoms with Gasteiger partial charge in [-0.15, -0.1) is 0 Å². The van der Waals surface area contributed by atoms with E-state index < -0.39 is 34.3 Å². The SMILES string of the molecule is CCOc1ccc(S(=O)(=O)N(CC(=O)N(Cc2cccc(Br)c2)[C@@H](C)C(=O)N[C@H](C)CC)c2ccc(F)cc2)cc1. The number of benzene rings is 3. The molecule has 0 heterocycles. The zero-order chi connectivity index (χ0) is 30.2. The summed E-state index contributed by atoms with van der Waals surface area (Å²) in [6.07, 6.45) is 0.705. The highest BCUT2D eigenvalue weighted by Gasteiger charge is 2.33. The summed E-state index contributed by atoms with van der Waals surface area (Å²) in [7, 11) is -4.28. The third-order valence-electron chi connectivity index (χ3n) is 6.53. The van der Waals surface area contributed by atoms with E-state index in [2.05, 4.69) is 21.2 Å². The molecule has 220 valence electrons. The molecule has 0 aliphatic heterocycles. The number of rotatable bonds is 13. The number of hydrogen-bond donors (Lipinski definition) is 1. The van der Waals surface area contributed by atoms with Crippen molar-refractivity contribution in [2.45, 2.75) is 57.6 Å². The van der Waals surface area contributed by atoms with Gasteiger partial charge in [-0.1, -0.05) is 35.0 Å². The lowest BCUT2D eigenvalue weighted by Crippen LogP contribution is -2.52. The minimum Gasteiger partial charge on any atom is -0.494 e. The van der Waals surface area contributed by atoms with E-state index in [9.17, 15) is 22.4 Å². The van der Waals surface area contributed by atoms with E-state index in [1.54, 1.807) is 6.92 Å². The predicted molar refractivity (Wildman–Crippen MR) is 161 cm³/mol. The van der Waals surface area contributed by atoms with Crippen LogP contribution in [0.2, 0.25) is 0 Å². The summed E-state index contributed by atoms with van der Waals surface area (Å²) < 4.78 is 48.7. The molecule has 3 aromatic carbocycles. The second-order valence-corrected chi connectivity index (χ2v) is 12.3. The maximum absolute atomic E-state index is 13.9. The smallest absolute Gasteiger partial charge is 0.264 e. The number of carbonyl (C=O) groups is 2. The van der Waals surface area contributed by atoms with E-state index in [4.69, 9.17) is 4.74 Å². The van der Waals surface area contributed by atoms with Crippen LogP contribution >= 0.6 is 15.9 Å². The molecule has 0 radical (unpaired) electrons. The molecule has 0 bridgehead atoms. The van der Waals surface area contributed by atoms with Crippen LogP contribution in [0.25, 0.3) is 0 Å². The Morgan fingerprint density at radius 1 is 1.00 bits per heavy atom. The number of ether oxygens (including phenoxy) is 1. The van der Waals surface area contributed by atoms with Crippen molar-refractivity contribution in [2.75, 3.05) is 17.5 Å². The van der Waals surface area contributed by atoms with Crippen molar-refractivity contribution in [2.24, 2.45) is 0 Å². The number of hydrogen-bond acceptors (Lipinski definition) is 5. The van der Waals surface area contributed by atoms with Gasteiger partial charge in [0.25, 0.3) is 10.0 Å². The third kappa shape index (κ3) is 8.53. The first kappa shape index (κ1) is 32.1. The van der Waals surface area contributed by atoms with Crippen molar-refractivity contribution in [1.82, 2.24) is 10.2 Å². The molecule has 1 N–H and O–H groups in total. The van der Waals surface area contributed by atoms with Crippen molar-refractivity contribution in [3.05, 3.63) is 88.6 Å². The minimum absolute atomic E-state index is 0.0632. The molecule has 0 spiro atoms. The molecule has 3 aromatic rings. The zero-order valence-corrected chi connectivity index (χ0v) is 25.9. The number of anilines is 1. The summed E-state index contributed by atoms with van der Waals surface area (Å²) >= 11 is 3.43. The molecule has 8 nitrogen and oxygen atoms in total. The second-order valence-electron chi connectivity index (χ2n) is 9.54. The first-order chi connectivity index (χ1) is 19.5. The molecule has 2 amide bonds. The summed E-state index contributed by atoms with van der Waals surface area (Å²) in [6, 6.07) is 17.0. The number of carbonyl (C=O) groups excluding carboxylic acids is 2. The summed E-state index contributed by atoms with van der Waals surface area (Å²) in [5.41, 5.74) is 0.853. The van der Waals surface area contributed by atoms with E-state index >= 15 is 0 Å². The van der Waals surface area contributed by atoms with Crippen LogP contribution in [0.15, 0.2) is 82.2 Å². The molecule has 11 heteroatoms. The Morgan fingerprint density at radius 2 is 1.66 bits per heavy atom. The predicted octanol–water partition coefficient (Wildman–Crippen LogP) is 5.51. The first-order valence-electron chi connectivity index (χ1n) is 13.3. The average molecular weight is 649 g/mol. The fourth-order valence-electron chi connectivity index (χ4n) is 4.02. The van der Waals surface area contributed by atoms with Gasteiger partial charge >= 0.3 is 0 Å². The summed E-state index contributed by atoms with van der Waals surface area (Å²) in [5.74, 6) is -1.01. The summed E-state index contributed by atoms with van der Waals surface area (Å²) in [6.45, 7) is 7.09. The monoisotopic (exact) mass is 647 g/mol. The van der Waals surface area contributed by atoms with Crippen LogP contribution in [0.5, 0.6) is 5.75 Å². The Kier molecular flexibility index (Phi) is 11.3. The van der Waals surface area contributed by atoms with Crippen LogP contribution < -0.4 is 14.4 Å². The number of sulfonamides is 1. The molecule has 2 atom stereocenters. The molecule has 41 heavy (non-hydrogen) atoms. The van der Waals surface area contributed by atoms with Gasteiger partial charge in [-0.05, 0) is 93.4 Å². The Labute approximate surface area is 249 Å². The van der Waals surface area contributed by atoms with Gasteiger partial charge < -0.3 is 15.0 Å². The van der Waals surface area contributed by atoms with E-state index in [0.717, 1.165) is 26.5 Å². The molecule has 0 saturated carbocycles. The minimum atomic E-state index is -4.28. The molecule has 0 saturated heterocycles. The molecule has 0 aliphatic rings. The standard InChI is InChI=1S/C30H35BrFN3O5S/c1-5-21(3)33-30(37)22(4)34(19-23-8-7-9-24(31)18-23)29(36)20-35(26-12-10-25(32)11-13-26)41(38,39)28-16-14-27(15-17-28)40-6-2/h7-18,21-22H,5-6,19-20H2,1-4H3,(H,33,37)/t21-,22+/m1/s1. The fourth-order valence-corrected chi connectivity index (χ4v) is 5.88. The molecular weight excluding hydrogens is 613 g/mol. The lowest BCUT2D eigenvalue weighted by molar-refractivity contribution is -0.139. The zero-order valence-electron chi connectivity index (χ0n) is 23.5. The van der Waals surface area contributed by atoms with Crippen LogP contribution in [0.4, 0.5) is 10.1 Å². The molecule has 0 aromatic heterocycles. The Bertz CT molecular complexity index is 1440. The molecule has 0 unspecified atom stereocenters. The van der Waals surface area contributed by atoms with Gasteiger partial charge in [0.1, 0.15) is 24.2 Å². The van der Waals surface area contributed by atoms with Gasteiger partial charge in [-0.2, -0.15) is 0 Å². The van der Waals surface area contributed by atoms with E-state index in [1.807, 2.05) is 45.0 Å². The van der Waals surface area contributed by atoms with Gasteiger partial charge in [-0.25, -0.2) is 12.8 Å². The van der Waals surface area contributed by atoms with Crippen LogP contribution in [-0.4, -0.2) is 50.4 Å². The second kappa shape index (κ2) is 14.5. The molecule has 0 fully saturated rings. The van der Waals surface area contributed by atoms with E-state index in [-0.39, 0.29) is 29.1 Å². The summed E-state index contributed by atoms with van der Waals surface area (Å²) in [5, 5.41) is 2.90. The number of halogens is 2. The molecule has 0 aliphatic carbocycles. The van der Waals surface area contributed by atoms with Gasteiger partial charge in [0, 0.05) is 17.1 Å². The van der Waals surface area contributed by atoms with E-state index in [0.29, 0.717) is 18.8 Å². The molecule has 3 rings (SSSR count). The van der Waals surface area contributed by atoms with Crippen LogP contribution in [0.1, 0.15) is 39.7 Å². The van der Waals surface area contributed by atoms with Crippen molar-refractivity contribution in [3.8, 4) is 5.75 Å². The summed E-state index contributed by atoms with van der Waals surface area (Å²) in [4.78, 5) is 28.3. The van der Waals surface area contributed by atoms with Gasteiger partial charge in [0.2, 0.25) is 11.8 Å². The van der Waals surface area contributed by atoms with Crippen molar-refractivity contribution in [3.63, 3.8) is 0 Å². The Hall–Kier alpha value is -3.44. The quantitative estimate of drug-likeness (QED) is 0.264. The first-order valence-corrected chi connectivity index (χ1v) is 15.5. The highest BCUT2D eigenvalue weighted by atomic mass is 79.9. The third-order valence-corrected chi connectivity index (χ3v) is 8.81. The van der Waals surface area contributed by atoms with Gasteiger partial charge in [0.05, 0.1) is 17.2 Å². The van der Waals surface area contributed by atoms with Crippen molar-refractivity contribution >= 4 is 43.5 Å². The number of amides is 2. The fraction of sp³-hybridized carbons (Fsp3) is 0.333. The van der Waals surface area contributed by atoms with E-state index in [1.165, 1.54) is 41.3 Å². The highest BCUT2D eigenvalue weighted by molar-refractivity contribution is 9.10. The van der Waals surface area contributed by atoms with Crippen LogP contribution in [0.3, 0.4) is 0 Å². The van der Waals surface area contributed by atoms with Gasteiger partial charge in [0.15, 0.2) is 0 Å². The average Bonchev–Trinajstić information content (AvgIpc) is 2.95. The Balaban J connectivity index is 2.01. The topological polar surface area (TPSA) is 96.0 Å². The van der Waals surface area contributed by atoms with Crippen LogP contribution in [-0.2, 0) is 26.2 Å². The lowest BCUT2D eigenvalue weighted by atomic mass is 10.1. The normalized spacial score (nSPS) is 12.7. The van der Waals surface area contributed by atoms with Gasteiger partial charge in [-0.3, -0.25) is 13.9 Å². The lowest BCUT2D eigenvalue weighted by Gasteiger charge is -2.32. The van der Waals surface area contributed by atoms with Crippen LogP contribution in [0, 0.1) is 5.82 Å². The van der Waals surface area contributed by atoms with Crippen molar-refractivity contribution in [1.29, 1.82) is 0 Å². The maximum atomic E-state index is 13.9. The maximum Gasteiger partial charge on any atom is 0.264 e. The number of nitrogens with zero attached hydrogens (tertiary/aromatic N) is 2. The highest BCUT2D eigenvalue weighted by Crippen LogP contribution is 2.26. The van der Waals surface area contributed by atoms with Crippen molar-refractivity contribution < 1.29 is 27.1 Å². The molecular formula is C30H35BrFN3O5S.